The van der Waals surface area contributed by atoms with E-state index in [2.05, 4.69) is 4.98 Å². The summed E-state index contributed by atoms with van der Waals surface area (Å²) in [6, 6.07) is 12.4. The zero-order valence-corrected chi connectivity index (χ0v) is 18.1. The molecule has 0 unspecified atom stereocenters. The van der Waals surface area contributed by atoms with Gasteiger partial charge in [0.2, 0.25) is 5.91 Å². The molecule has 1 aromatic heterocycles. The first kappa shape index (κ1) is 21.0. The molecule has 4 nitrogen and oxygen atoms in total. The van der Waals surface area contributed by atoms with Crippen LogP contribution in [-0.2, 0) is 4.79 Å². The number of hydrogen-bond acceptors (Lipinski definition) is 5. The van der Waals surface area contributed by atoms with Crippen LogP contribution in [0.2, 0.25) is 5.02 Å². The van der Waals surface area contributed by atoms with Gasteiger partial charge in [0, 0.05) is 35.2 Å². The van der Waals surface area contributed by atoms with Crippen LogP contribution in [0.3, 0.4) is 0 Å². The number of thiazole rings is 1. The normalized spacial score (nSPS) is 11.3. The van der Waals surface area contributed by atoms with E-state index in [-0.39, 0.29) is 11.7 Å². The number of aromatic nitrogens is 1. The molecule has 0 atom stereocenters. The summed E-state index contributed by atoms with van der Waals surface area (Å²) in [6.45, 7) is 1.22. The van der Waals surface area contributed by atoms with Crippen molar-refractivity contribution in [2.24, 2.45) is 0 Å². The number of carbonyl (C=O) groups is 1. The molecule has 2 aromatic carbocycles. The first-order chi connectivity index (χ1) is 13.4. The first-order valence-electron chi connectivity index (χ1n) is 8.82. The Morgan fingerprint density at radius 2 is 1.93 bits per heavy atom. The number of amides is 1. The number of hydrogen-bond donors (Lipinski definition) is 0. The second-order valence-corrected chi connectivity index (χ2v) is 9.10. The van der Waals surface area contributed by atoms with Crippen molar-refractivity contribution < 1.29 is 9.18 Å². The van der Waals surface area contributed by atoms with Crippen LogP contribution in [0.5, 0.6) is 0 Å². The molecule has 0 saturated heterocycles. The summed E-state index contributed by atoms with van der Waals surface area (Å²) >= 11 is 8.86. The van der Waals surface area contributed by atoms with Crippen molar-refractivity contribution in [3.8, 4) is 0 Å². The maximum Gasteiger partial charge on any atom is 0.229 e. The highest BCUT2D eigenvalue weighted by Crippen LogP contribution is 2.31. The molecule has 28 heavy (non-hydrogen) atoms. The molecular formula is C20H21ClFN3OS2. The highest BCUT2D eigenvalue weighted by atomic mass is 35.5. The lowest BCUT2D eigenvalue weighted by Gasteiger charge is -2.22. The Labute approximate surface area is 177 Å². The number of thioether (sulfide) groups is 1. The third-order valence-electron chi connectivity index (χ3n) is 4.06. The summed E-state index contributed by atoms with van der Waals surface area (Å²) in [5.74, 6) is 0.277. The highest BCUT2D eigenvalue weighted by molar-refractivity contribution is 7.99. The smallest absolute Gasteiger partial charge is 0.229 e. The van der Waals surface area contributed by atoms with E-state index in [1.807, 2.05) is 49.3 Å². The zero-order valence-electron chi connectivity index (χ0n) is 15.7. The largest absolute Gasteiger partial charge is 0.308 e. The van der Waals surface area contributed by atoms with Crippen LogP contribution in [0.15, 0.2) is 47.4 Å². The Morgan fingerprint density at radius 1 is 1.18 bits per heavy atom. The topological polar surface area (TPSA) is 36.4 Å². The van der Waals surface area contributed by atoms with E-state index in [0.717, 1.165) is 9.60 Å². The van der Waals surface area contributed by atoms with Gasteiger partial charge < -0.3 is 4.90 Å². The molecule has 0 saturated carbocycles. The van der Waals surface area contributed by atoms with Crippen LogP contribution in [0.1, 0.15) is 6.42 Å². The fourth-order valence-corrected chi connectivity index (χ4v) is 4.56. The third kappa shape index (κ3) is 5.44. The Balaban J connectivity index is 1.71. The van der Waals surface area contributed by atoms with Crippen LogP contribution in [0.4, 0.5) is 9.52 Å². The SMILES string of the molecule is CN(C)CCN(C(=O)CCSc1ccc(Cl)cc1)c1nc2c(F)cccc2s1. The van der Waals surface area contributed by atoms with Crippen LogP contribution in [0, 0.1) is 5.82 Å². The molecule has 0 spiro atoms. The minimum Gasteiger partial charge on any atom is -0.308 e. The fraction of sp³-hybridized carbons (Fsp3) is 0.300. The number of halogens is 2. The molecule has 0 radical (unpaired) electrons. The summed E-state index contributed by atoms with van der Waals surface area (Å²) in [7, 11) is 3.91. The lowest BCUT2D eigenvalue weighted by Crippen LogP contribution is -2.36. The summed E-state index contributed by atoms with van der Waals surface area (Å²) in [5, 5.41) is 1.24. The molecule has 8 heteroatoms. The number of rotatable bonds is 8. The number of para-hydroxylation sites is 1. The Morgan fingerprint density at radius 3 is 2.61 bits per heavy atom. The Hall–Kier alpha value is -1.67. The maximum atomic E-state index is 14.0. The van der Waals surface area contributed by atoms with Gasteiger partial charge in [0.15, 0.2) is 5.13 Å². The second-order valence-electron chi connectivity index (χ2n) is 6.48. The third-order valence-corrected chi connectivity index (χ3v) is 6.37. The van der Waals surface area contributed by atoms with Crippen molar-refractivity contribution in [3.63, 3.8) is 0 Å². The number of fused-ring (bicyclic) bond motifs is 1. The minimum absolute atomic E-state index is 0.0113. The number of likely N-dealkylation sites (N-methyl/N-ethyl adjacent to an activating group) is 1. The predicted octanol–water partition coefficient (Wildman–Crippen LogP) is 5.17. The van der Waals surface area contributed by atoms with E-state index in [1.54, 1.807) is 22.7 Å². The van der Waals surface area contributed by atoms with Gasteiger partial charge in [-0.25, -0.2) is 9.37 Å². The van der Waals surface area contributed by atoms with E-state index in [4.69, 9.17) is 11.6 Å². The second kappa shape index (κ2) is 9.69. The molecule has 0 aliphatic heterocycles. The van der Waals surface area contributed by atoms with Crippen LogP contribution in [0.25, 0.3) is 10.2 Å². The van der Waals surface area contributed by atoms with Gasteiger partial charge in [-0.3, -0.25) is 9.69 Å². The van der Waals surface area contributed by atoms with Gasteiger partial charge in [0.25, 0.3) is 0 Å². The van der Waals surface area contributed by atoms with Gasteiger partial charge in [-0.15, -0.1) is 11.8 Å². The molecule has 3 aromatic rings. The summed E-state index contributed by atoms with van der Waals surface area (Å²) in [6.07, 6.45) is 0.374. The van der Waals surface area contributed by atoms with Gasteiger partial charge >= 0.3 is 0 Å². The molecule has 0 fully saturated rings. The molecule has 0 aliphatic rings. The number of anilines is 1. The molecule has 148 valence electrons. The maximum absolute atomic E-state index is 14.0. The average molecular weight is 438 g/mol. The number of carbonyl (C=O) groups excluding carboxylic acids is 1. The van der Waals surface area contributed by atoms with Crippen LogP contribution < -0.4 is 4.90 Å². The van der Waals surface area contributed by atoms with E-state index < -0.39 is 0 Å². The lowest BCUT2D eigenvalue weighted by atomic mass is 10.3. The van der Waals surface area contributed by atoms with E-state index >= 15 is 0 Å². The monoisotopic (exact) mass is 437 g/mol. The van der Waals surface area contributed by atoms with E-state index in [0.29, 0.717) is 40.9 Å². The van der Waals surface area contributed by atoms with Crippen molar-refractivity contribution >= 4 is 56.0 Å². The lowest BCUT2D eigenvalue weighted by molar-refractivity contribution is -0.118. The van der Waals surface area contributed by atoms with Crippen LogP contribution in [-0.4, -0.2) is 48.7 Å². The first-order valence-corrected chi connectivity index (χ1v) is 11.0. The molecule has 3 rings (SSSR count). The summed E-state index contributed by atoms with van der Waals surface area (Å²) in [4.78, 5) is 22.1. The van der Waals surface area contributed by atoms with Crippen LogP contribution >= 0.6 is 34.7 Å². The minimum atomic E-state index is -0.363. The van der Waals surface area contributed by atoms with Gasteiger partial charge in [-0.05, 0) is 50.5 Å². The number of benzene rings is 2. The number of nitrogens with zero attached hydrogens (tertiary/aromatic N) is 3. The Kier molecular flexibility index (Phi) is 7.29. The van der Waals surface area contributed by atoms with Crippen molar-refractivity contribution in [3.05, 3.63) is 53.3 Å². The Bertz CT molecular complexity index is 946. The molecular weight excluding hydrogens is 417 g/mol. The van der Waals surface area contributed by atoms with Crippen molar-refractivity contribution in [2.75, 3.05) is 37.8 Å². The quantitative estimate of drug-likeness (QED) is 0.456. The summed E-state index contributed by atoms with van der Waals surface area (Å²) < 4.78 is 14.8. The van der Waals surface area contributed by atoms with Crippen molar-refractivity contribution in [1.29, 1.82) is 0 Å². The van der Waals surface area contributed by atoms with Crippen molar-refractivity contribution in [2.45, 2.75) is 11.3 Å². The average Bonchev–Trinajstić information content (AvgIpc) is 3.08. The zero-order chi connectivity index (χ0) is 20.1. The highest BCUT2D eigenvalue weighted by Gasteiger charge is 2.20. The predicted molar refractivity (Wildman–Crippen MR) is 117 cm³/mol. The van der Waals surface area contributed by atoms with E-state index in [1.165, 1.54) is 17.4 Å². The molecule has 0 N–H and O–H groups in total. The molecule has 1 heterocycles. The van der Waals surface area contributed by atoms with Gasteiger partial charge in [0.1, 0.15) is 11.3 Å². The molecule has 1 amide bonds. The molecule has 0 bridgehead atoms. The molecule has 0 aliphatic carbocycles. The van der Waals surface area contributed by atoms with Gasteiger partial charge in [-0.1, -0.05) is 29.0 Å². The summed E-state index contributed by atoms with van der Waals surface area (Å²) in [5.41, 5.74) is 0.320. The fourth-order valence-electron chi connectivity index (χ4n) is 2.57. The van der Waals surface area contributed by atoms with Gasteiger partial charge in [0.05, 0.1) is 4.70 Å². The van der Waals surface area contributed by atoms with E-state index in [9.17, 15) is 9.18 Å². The van der Waals surface area contributed by atoms with Gasteiger partial charge in [-0.2, -0.15) is 0 Å². The standard InChI is InChI=1S/C20H21ClFN3OS2/c1-24(2)11-12-25(20-23-19-16(22)4-3-5-17(19)28-20)18(26)10-13-27-15-8-6-14(21)7-9-15/h3-9H,10-13H2,1-2H3. The van der Waals surface area contributed by atoms with Crippen molar-refractivity contribution in [1.82, 2.24) is 9.88 Å².